The number of nitrogens with one attached hydrogen (secondary N) is 1. The van der Waals surface area contributed by atoms with Gasteiger partial charge in [-0.05, 0) is 44.6 Å². The van der Waals surface area contributed by atoms with Crippen molar-refractivity contribution in [3.63, 3.8) is 0 Å². The van der Waals surface area contributed by atoms with Gasteiger partial charge in [-0.2, -0.15) is 0 Å². The predicted octanol–water partition coefficient (Wildman–Crippen LogP) is 3.13. The average molecular weight is 269 g/mol. The largest absolute Gasteiger partial charge is 0.380 e. The molecule has 0 aromatic rings. The number of hydrogen-bond donors (Lipinski definition) is 1. The second-order valence-electron chi connectivity index (χ2n) is 6.26. The van der Waals surface area contributed by atoms with Gasteiger partial charge in [0.1, 0.15) is 0 Å². The molecule has 1 N–H and O–H groups in total. The molecular formula is C16H31NO2. The SMILES string of the molecule is CCNC(C1CCOC2(CCCC2)C1)C(CC)OC. The van der Waals surface area contributed by atoms with Gasteiger partial charge in [-0.25, -0.2) is 0 Å². The number of ether oxygens (including phenoxy) is 2. The lowest BCUT2D eigenvalue weighted by atomic mass is 9.78. The first-order valence-electron chi connectivity index (χ1n) is 8.15. The standard InChI is InChI=1S/C16H31NO2/c1-4-14(18-3)15(17-5-2)13-8-11-19-16(12-13)9-6-7-10-16/h13-15,17H,4-12H2,1-3H3. The fourth-order valence-electron chi connectivity index (χ4n) is 4.14. The Labute approximate surface area is 118 Å². The van der Waals surface area contributed by atoms with Crippen molar-refractivity contribution in [1.82, 2.24) is 5.32 Å². The van der Waals surface area contributed by atoms with Crippen molar-refractivity contribution < 1.29 is 9.47 Å². The molecule has 2 aliphatic rings. The van der Waals surface area contributed by atoms with Crippen LogP contribution in [0.25, 0.3) is 0 Å². The van der Waals surface area contributed by atoms with E-state index in [-0.39, 0.29) is 5.60 Å². The summed E-state index contributed by atoms with van der Waals surface area (Å²) in [5.41, 5.74) is 0.211. The molecule has 3 atom stereocenters. The van der Waals surface area contributed by atoms with Crippen LogP contribution < -0.4 is 5.32 Å². The number of likely N-dealkylation sites (N-methyl/N-ethyl adjacent to an activating group) is 1. The van der Waals surface area contributed by atoms with Gasteiger partial charge in [0.2, 0.25) is 0 Å². The summed E-state index contributed by atoms with van der Waals surface area (Å²) >= 11 is 0. The lowest BCUT2D eigenvalue weighted by Crippen LogP contribution is -2.51. The van der Waals surface area contributed by atoms with Crippen molar-refractivity contribution >= 4 is 0 Å². The summed E-state index contributed by atoms with van der Waals surface area (Å²) in [4.78, 5) is 0. The van der Waals surface area contributed by atoms with Crippen molar-refractivity contribution in [2.45, 2.75) is 76.5 Å². The maximum atomic E-state index is 6.16. The van der Waals surface area contributed by atoms with Gasteiger partial charge in [0.25, 0.3) is 0 Å². The van der Waals surface area contributed by atoms with Crippen LogP contribution in [0.4, 0.5) is 0 Å². The first-order valence-corrected chi connectivity index (χ1v) is 8.15. The van der Waals surface area contributed by atoms with Gasteiger partial charge in [-0.3, -0.25) is 0 Å². The Hall–Kier alpha value is -0.120. The van der Waals surface area contributed by atoms with Crippen LogP contribution in [0.1, 0.15) is 58.8 Å². The van der Waals surface area contributed by atoms with E-state index in [4.69, 9.17) is 9.47 Å². The van der Waals surface area contributed by atoms with E-state index >= 15 is 0 Å². The summed E-state index contributed by atoms with van der Waals surface area (Å²) in [6.07, 6.45) is 9.06. The third kappa shape index (κ3) is 3.50. The summed E-state index contributed by atoms with van der Waals surface area (Å²) in [5, 5.41) is 3.68. The molecule has 0 bridgehead atoms. The minimum atomic E-state index is 0.211. The smallest absolute Gasteiger partial charge is 0.0724 e. The highest BCUT2D eigenvalue weighted by Crippen LogP contribution is 2.43. The minimum absolute atomic E-state index is 0.211. The zero-order chi connectivity index (χ0) is 13.7. The van der Waals surface area contributed by atoms with Gasteiger partial charge >= 0.3 is 0 Å². The van der Waals surface area contributed by atoms with Crippen molar-refractivity contribution in [1.29, 1.82) is 0 Å². The molecule has 2 fully saturated rings. The molecule has 3 heteroatoms. The number of rotatable bonds is 6. The molecule has 3 unspecified atom stereocenters. The van der Waals surface area contributed by atoms with Crippen molar-refractivity contribution in [2.24, 2.45) is 5.92 Å². The minimum Gasteiger partial charge on any atom is -0.380 e. The van der Waals surface area contributed by atoms with Gasteiger partial charge in [0.15, 0.2) is 0 Å². The van der Waals surface area contributed by atoms with E-state index < -0.39 is 0 Å². The Morgan fingerprint density at radius 2 is 2.05 bits per heavy atom. The lowest BCUT2D eigenvalue weighted by Gasteiger charge is -2.43. The van der Waals surface area contributed by atoms with Crippen LogP contribution in [-0.2, 0) is 9.47 Å². The summed E-state index contributed by atoms with van der Waals surface area (Å²) < 4.78 is 11.9. The van der Waals surface area contributed by atoms with E-state index in [1.54, 1.807) is 0 Å². The molecule has 1 saturated carbocycles. The van der Waals surface area contributed by atoms with Crippen LogP contribution in [0.15, 0.2) is 0 Å². The molecule has 1 heterocycles. The van der Waals surface area contributed by atoms with E-state index in [0.717, 1.165) is 19.6 Å². The van der Waals surface area contributed by atoms with Crippen molar-refractivity contribution in [2.75, 3.05) is 20.3 Å². The molecule has 2 rings (SSSR count). The average Bonchev–Trinajstić information content (AvgIpc) is 2.87. The Bertz CT molecular complexity index is 259. The molecule has 19 heavy (non-hydrogen) atoms. The molecular weight excluding hydrogens is 238 g/mol. The Balaban J connectivity index is 2.03. The molecule has 112 valence electrons. The van der Waals surface area contributed by atoms with Gasteiger partial charge in [-0.1, -0.05) is 26.7 Å². The third-order valence-electron chi connectivity index (χ3n) is 5.10. The first kappa shape index (κ1) is 15.3. The van der Waals surface area contributed by atoms with Crippen LogP contribution in [0.5, 0.6) is 0 Å². The molecule has 0 radical (unpaired) electrons. The molecule has 1 aliphatic heterocycles. The predicted molar refractivity (Wildman–Crippen MR) is 78.4 cm³/mol. The van der Waals surface area contributed by atoms with E-state index in [1.165, 1.54) is 38.5 Å². The Morgan fingerprint density at radius 1 is 1.32 bits per heavy atom. The molecule has 3 nitrogen and oxygen atoms in total. The highest BCUT2D eigenvalue weighted by Gasteiger charge is 2.43. The Kier molecular flexibility index (Phi) is 5.67. The summed E-state index contributed by atoms with van der Waals surface area (Å²) in [7, 11) is 1.85. The van der Waals surface area contributed by atoms with Crippen LogP contribution in [0.3, 0.4) is 0 Å². The normalized spacial score (nSPS) is 29.5. The van der Waals surface area contributed by atoms with Crippen LogP contribution >= 0.6 is 0 Å². The highest BCUT2D eigenvalue weighted by molar-refractivity contribution is 4.96. The van der Waals surface area contributed by atoms with Gasteiger partial charge in [0, 0.05) is 19.8 Å². The zero-order valence-electron chi connectivity index (χ0n) is 12.9. The number of hydrogen-bond acceptors (Lipinski definition) is 3. The van der Waals surface area contributed by atoms with Crippen LogP contribution in [0.2, 0.25) is 0 Å². The Morgan fingerprint density at radius 3 is 2.63 bits per heavy atom. The third-order valence-corrected chi connectivity index (χ3v) is 5.10. The van der Waals surface area contributed by atoms with E-state index in [1.807, 2.05) is 7.11 Å². The quantitative estimate of drug-likeness (QED) is 0.803. The van der Waals surface area contributed by atoms with E-state index in [0.29, 0.717) is 18.1 Å². The first-order chi connectivity index (χ1) is 9.24. The van der Waals surface area contributed by atoms with Crippen molar-refractivity contribution in [3.8, 4) is 0 Å². The van der Waals surface area contributed by atoms with Crippen molar-refractivity contribution in [3.05, 3.63) is 0 Å². The molecule has 1 saturated heterocycles. The maximum Gasteiger partial charge on any atom is 0.0724 e. The molecule has 1 aliphatic carbocycles. The lowest BCUT2D eigenvalue weighted by molar-refractivity contribution is -0.107. The van der Waals surface area contributed by atoms with Gasteiger partial charge in [0.05, 0.1) is 11.7 Å². The highest BCUT2D eigenvalue weighted by atomic mass is 16.5. The summed E-state index contributed by atoms with van der Waals surface area (Å²) in [6, 6.07) is 0.487. The van der Waals surface area contributed by atoms with E-state index in [2.05, 4.69) is 19.2 Å². The topological polar surface area (TPSA) is 30.5 Å². The molecule has 0 amide bonds. The molecule has 0 aromatic carbocycles. The second-order valence-corrected chi connectivity index (χ2v) is 6.26. The van der Waals surface area contributed by atoms with Gasteiger partial charge < -0.3 is 14.8 Å². The second kappa shape index (κ2) is 7.05. The van der Waals surface area contributed by atoms with E-state index in [9.17, 15) is 0 Å². The molecule has 0 aromatic heterocycles. The van der Waals surface area contributed by atoms with Crippen LogP contribution in [-0.4, -0.2) is 38.0 Å². The maximum absolute atomic E-state index is 6.16. The summed E-state index contributed by atoms with van der Waals surface area (Å²) in [6.45, 7) is 6.38. The zero-order valence-corrected chi connectivity index (χ0v) is 12.9. The number of methoxy groups -OCH3 is 1. The summed E-state index contributed by atoms with van der Waals surface area (Å²) in [5.74, 6) is 0.705. The fraction of sp³-hybridized carbons (Fsp3) is 1.00. The van der Waals surface area contributed by atoms with Crippen LogP contribution in [0, 0.1) is 5.92 Å². The van der Waals surface area contributed by atoms with Gasteiger partial charge in [-0.15, -0.1) is 0 Å². The molecule has 1 spiro atoms. The fourth-order valence-corrected chi connectivity index (χ4v) is 4.14. The monoisotopic (exact) mass is 269 g/mol.